The second-order valence-electron chi connectivity index (χ2n) is 4.74. The fourth-order valence-electron chi connectivity index (χ4n) is 1.86. The number of ether oxygens (including phenoxy) is 1. The van der Waals surface area contributed by atoms with Crippen LogP contribution in [0.3, 0.4) is 0 Å². The smallest absolute Gasteiger partial charge is 0.304 e. The van der Waals surface area contributed by atoms with Crippen LogP contribution in [0.2, 0.25) is 0 Å². The summed E-state index contributed by atoms with van der Waals surface area (Å²) in [6.45, 7) is 5.08. The number of rotatable bonds is 8. The molecule has 0 spiro atoms. The molecular formula is C15H19N3O3S. The Bertz CT molecular complexity index is 625. The van der Waals surface area contributed by atoms with E-state index < -0.39 is 5.97 Å². The van der Waals surface area contributed by atoms with E-state index in [0.717, 1.165) is 23.3 Å². The van der Waals surface area contributed by atoms with Crippen LogP contribution in [-0.4, -0.2) is 31.6 Å². The molecule has 1 aromatic carbocycles. The Morgan fingerprint density at radius 3 is 2.68 bits per heavy atom. The van der Waals surface area contributed by atoms with Gasteiger partial charge in [0.05, 0.1) is 6.42 Å². The molecule has 0 radical (unpaired) electrons. The molecule has 22 heavy (non-hydrogen) atoms. The Kier molecular flexibility index (Phi) is 5.83. The van der Waals surface area contributed by atoms with Crippen LogP contribution in [0.1, 0.15) is 24.7 Å². The Morgan fingerprint density at radius 2 is 2.05 bits per heavy atom. The van der Waals surface area contributed by atoms with Crippen molar-refractivity contribution in [2.24, 2.45) is 0 Å². The Hall–Kier alpha value is -2.02. The van der Waals surface area contributed by atoms with Crippen molar-refractivity contribution in [2.75, 3.05) is 5.75 Å². The maximum absolute atomic E-state index is 10.6. The number of carboxylic acid groups (broad SMARTS) is 1. The second kappa shape index (κ2) is 7.84. The molecule has 2 aromatic rings. The van der Waals surface area contributed by atoms with Crippen LogP contribution in [0.15, 0.2) is 29.4 Å². The summed E-state index contributed by atoms with van der Waals surface area (Å²) in [5.41, 5.74) is 1.18. The number of aryl methyl sites for hydroxylation is 1. The van der Waals surface area contributed by atoms with Crippen LogP contribution in [0.5, 0.6) is 5.75 Å². The highest BCUT2D eigenvalue weighted by Gasteiger charge is 2.12. The van der Waals surface area contributed by atoms with E-state index >= 15 is 0 Å². The molecule has 2 rings (SSSR count). The van der Waals surface area contributed by atoms with Gasteiger partial charge in [-0.1, -0.05) is 29.5 Å². The van der Waals surface area contributed by atoms with Gasteiger partial charge in [-0.2, -0.15) is 0 Å². The number of benzene rings is 1. The number of thioether (sulfide) groups is 1. The molecule has 0 aliphatic rings. The number of carboxylic acids is 1. The van der Waals surface area contributed by atoms with E-state index in [-0.39, 0.29) is 6.42 Å². The van der Waals surface area contributed by atoms with Crippen LogP contribution in [0.25, 0.3) is 0 Å². The SMILES string of the molecule is CCn1c(COc2ccc(C)cc2)nnc1SCCC(=O)O. The number of aromatic nitrogens is 3. The summed E-state index contributed by atoms with van der Waals surface area (Å²) in [6, 6.07) is 7.83. The molecule has 0 unspecified atom stereocenters. The largest absolute Gasteiger partial charge is 0.486 e. The minimum Gasteiger partial charge on any atom is -0.486 e. The van der Waals surface area contributed by atoms with Gasteiger partial charge >= 0.3 is 5.97 Å². The summed E-state index contributed by atoms with van der Waals surface area (Å²) in [7, 11) is 0. The van der Waals surface area contributed by atoms with E-state index in [9.17, 15) is 4.79 Å². The van der Waals surface area contributed by atoms with E-state index in [1.165, 1.54) is 17.3 Å². The molecule has 0 aliphatic heterocycles. The molecule has 1 heterocycles. The third kappa shape index (κ3) is 4.49. The van der Waals surface area contributed by atoms with E-state index in [2.05, 4.69) is 10.2 Å². The van der Waals surface area contributed by atoms with Crippen LogP contribution < -0.4 is 4.74 Å². The molecule has 7 heteroatoms. The lowest BCUT2D eigenvalue weighted by Gasteiger charge is -2.08. The van der Waals surface area contributed by atoms with E-state index in [4.69, 9.17) is 9.84 Å². The number of hydrogen-bond donors (Lipinski definition) is 1. The molecule has 1 N–H and O–H groups in total. The van der Waals surface area contributed by atoms with Crippen molar-refractivity contribution in [1.82, 2.24) is 14.8 Å². The van der Waals surface area contributed by atoms with Crippen LogP contribution in [-0.2, 0) is 17.9 Å². The van der Waals surface area contributed by atoms with Crippen molar-refractivity contribution < 1.29 is 14.6 Å². The van der Waals surface area contributed by atoms with Gasteiger partial charge in [0.1, 0.15) is 12.4 Å². The first-order valence-corrected chi connectivity index (χ1v) is 8.05. The summed E-state index contributed by atoms with van der Waals surface area (Å²) < 4.78 is 7.66. The van der Waals surface area contributed by atoms with Gasteiger partial charge in [-0.3, -0.25) is 4.79 Å². The van der Waals surface area contributed by atoms with E-state index in [1.807, 2.05) is 42.7 Å². The van der Waals surface area contributed by atoms with Crippen molar-refractivity contribution in [2.45, 2.75) is 38.6 Å². The zero-order valence-corrected chi connectivity index (χ0v) is 13.5. The molecule has 0 amide bonds. The van der Waals surface area contributed by atoms with Crippen molar-refractivity contribution >= 4 is 17.7 Å². The van der Waals surface area contributed by atoms with Gasteiger partial charge in [0, 0.05) is 12.3 Å². The molecule has 0 atom stereocenters. The van der Waals surface area contributed by atoms with Gasteiger partial charge in [-0.15, -0.1) is 10.2 Å². The van der Waals surface area contributed by atoms with Crippen LogP contribution in [0, 0.1) is 6.92 Å². The maximum Gasteiger partial charge on any atom is 0.304 e. The van der Waals surface area contributed by atoms with Gasteiger partial charge in [-0.25, -0.2) is 0 Å². The van der Waals surface area contributed by atoms with Gasteiger partial charge in [-0.05, 0) is 26.0 Å². The van der Waals surface area contributed by atoms with Crippen molar-refractivity contribution in [3.63, 3.8) is 0 Å². The Morgan fingerprint density at radius 1 is 1.32 bits per heavy atom. The summed E-state index contributed by atoms with van der Waals surface area (Å²) in [5.74, 6) is 1.20. The predicted octanol–water partition coefficient (Wildman–Crippen LogP) is 2.75. The molecular weight excluding hydrogens is 302 g/mol. The zero-order valence-electron chi connectivity index (χ0n) is 12.7. The first-order chi connectivity index (χ1) is 10.6. The lowest BCUT2D eigenvalue weighted by atomic mass is 10.2. The standard InChI is InChI=1S/C15H19N3O3S/c1-3-18-13(10-21-12-6-4-11(2)5-7-12)16-17-15(18)22-9-8-14(19)20/h4-7H,3,8-10H2,1-2H3,(H,19,20). The monoisotopic (exact) mass is 321 g/mol. The van der Waals surface area contributed by atoms with E-state index in [0.29, 0.717) is 12.4 Å². The quantitative estimate of drug-likeness (QED) is 0.753. The van der Waals surface area contributed by atoms with E-state index in [1.54, 1.807) is 0 Å². The number of nitrogens with zero attached hydrogens (tertiary/aromatic N) is 3. The fraction of sp³-hybridized carbons (Fsp3) is 0.400. The molecule has 0 aliphatic carbocycles. The van der Waals surface area contributed by atoms with Gasteiger partial charge in [0.25, 0.3) is 0 Å². The third-order valence-electron chi connectivity index (χ3n) is 3.05. The highest BCUT2D eigenvalue weighted by molar-refractivity contribution is 7.99. The summed E-state index contributed by atoms with van der Waals surface area (Å²) in [4.78, 5) is 10.6. The van der Waals surface area contributed by atoms with Crippen LogP contribution >= 0.6 is 11.8 Å². The van der Waals surface area contributed by atoms with Crippen LogP contribution in [0.4, 0.5) is 0 Å². The van der Waals surface area contributed by atoms with Gasteiger partial charge in [0.2, 0.25) is 0 Å². The average molecular weight is 321 g/mol. The normalized spacial score (nSPS) is 10.6. The lowest BCUT2D eigenvalue weighted by Crippen LogP contribution is -2.07. The number of carbonyl (C=O) groups is 1. The van der Waals surface area contributed by atoms with Crippen molar-refractivity contribution in [1.29, 1.82) is 0 Å². The lowest BCUT2D eigenvalue weighted by molar-refractivity contribution is -0.136. The molecule has 0 saturated heterocycles. The summed E-state index contributed by atoms with van der Waals surface area (Å²) >= 11 is 1.40. The fourth-order valence-corrected chi connectivity index (χ4v) is 2.81. The molecule has 118 valence electrons. The molecule has 1 aromatic heterocycles. The summed E-state index contributed by atoms with van der Waals surface area (Å²) in [5, 5.41) is 17.7. The van der Waals surface area contributed by atoms with Gasteiger partial charge < -0.3 is 14.4 Å². The Labute approximate surface area is 133 Å². The highest BCUT2D eigenvalue weighted by Crippen LogP contribution is 2.19. The van der Waals surface area contributed by atoms with Gasteiger partial charge in [0.15, 0.2) is 11.0 Å². The first-order valence-electron chi connectivity index (χ1n) is 7.06. The average Bonchev–Trinajstić information content (AvgIpc) is 2.88. The molecule has 0 bridgehead atoms. The molecule has 0 fully saturated rings. The summed E-state index contributed by atoms with van der Waals surface area (Å²) in [6.07, 6.45) is 0.108. The second-order valence-corrected chi connectivity index (χ2v) is 5.80. The highest BCUT2D eigenvalue weighted by atomic mass is 32.2. The molecule has 0 saturated carbocycles. The van der Waals surface area contributed by atoms with Crippen molar-refractivity contribution in [3.05, 3.63) is 35.7 Å². The zero-order chi connectivity index (χ0) is 15.9. The third-order valence-corrected chi connectivity index (χ3v) is 4.01. The van der Waals surface area contributed by atoms with Crippen molar-refractivity contribution in [3.8, 4) is 5.75 Å². The first kappa shape index (κ1) is 16.4. The Balaban J connectivity index is 1.97. The minimum absolute atomic E-state index is 0.108. The predicted molar refractivity (Wildman–Crippen MR) is 84.2 cm³/mol. The molecule has 6 nitrogen and oxygen atoms in total. The minimum atomic E-state index is -0.807. The number of aliphatic carboxylic acids is 1. The number of hydrogen-bond acceptors (Lipinski definition) is 5. The topological polar surface area (TPSA) is 77.2 Å². The maximum atomic E-state index is 10.6.